The van der Waals surface area contributed by atoms with Gasteiger partial charge in [-0.15, -0.1) is 0 Å². The van der Waals surface area contributed by atoms with E-state index in [1.807, 2.05) is 35.2 Å². The number of hydrogen-bond donors (Lipinski definition) is 1. The van der Waals surface area contributed by atoms with Crippen LogP contribution in [-0.2, 0) is 4.79 Å². The molecule has 28 heavy (non-hydrogen) atoms. The van der Waals surface area contributed by atoms with Gasteiger partial charge >= 0.3 is 0 Å². The summed E-state index contributed by atoms with van der Waals surface area (Å²) in [5.74, 6) is 1.28. The maximum Gasteiger partial charge on any atom is 0.247 e. The molecule has 0 aliphatic carbocycles. The van der Waals surface area contributed by atoms with Crippen molar-refractivity contribution < 1.29 is 4.79 Å². The first-order chi connectivity index (χ1) is 13.8. The molecule has 0 aromatic carbocycles. The Morgan fingerprint density at radius 3 is 2.82 bits per heavy atom. The molecule has 0 saturated carbocycles. The lowest BCUT2D eigenvalue weighted by Crippen LogP contribution is -2.30. The normalized spacial score (nSPS) is 16.4. The molecule has 3 aromatic rings. The molecule has 1 N–H and O–H groups in total. The van der Waals surface area contributed by atoms with E-state index in [4.69, 9.17) is 0 Å². The van der Waals surface area contributed by atoms with E-state index in [1.165, 1.54) is 0 Å². The van der Waals surface area contributed by atoms with Gasteiger partial charge in [0.05, 0.1) is 6.04 Å². The highest BCUT2D eigenvalue weighted by Gasteiger charge is 2.32. The van der Waals surface area contributed by atoms with Crippen molar-refractivity contribution in [3.05, 3.63) is 78.6 Å². The summed E-state index contributed by atoms with van der Waals surface area (Å²) >= 11 is 0. The van der Waals surface area contributed by atoms with Crippen molar-refractivity contribution in [2.75, 3.05) is 11.9 Å². The maximum absolute atomic E-state index is 12.8. The Kier molecular flexibility index (Phi) is 5.33. The van der Waals surface area contributed by atoms with Crippen molar-refractivity contribution in [2.45, 2.75) is 18.9 Å². The Hall–Kier alpha value is -3.61. The molecule has 1 saturated heterocycles. The van der Waals surface area contributed by atoms with E-state index < -0.39 is 0 Å². The molecule has 0 spiro atoms. The van der Waals surface area contributed by atoms with Gasteiger partial charge in [0.25, 0.3) is 0 Å². The zero-order valence-electron chi connectivity index (χ0n) is 15.3. The lowest BCUT2D eigenvalue weighted by Gasteiger charge is -2.24. The van der Waals surface area contributed by atoms with E-state index >= 15 is 0 Å². The predicted octanol–water partition coefficient (Wildman–Crippen LogP) is 3.39. The van der Waals surface area contributed by atoms with E-state index in [9.17, 15) is 4.79 Å². The zero-order valence-corrected chi connectivity index (χ0v) is 15.3. The third-order valence-corrected chi connectivity index (χ3v) is 4.59. The topological polar surface area (TPSA) is 83.9 Å². The fraction of sp³-hybridized carbons (Fsp3) is 0.190. The van der Waals surface area contributed by atoms with Gasteiger partial charge in [-0.25, -0.2) is 9.97 Å². The second-order valence-corrected chi connectivity index (χ2v) is 6.44. The highest BCUT2D eigenvalue weighted by molar-refractivity contribution is 5.92. The summed E-state index contributed by atoms with van der Waals surface area (Å²) in [7, 11) is 0. The first-order valence-corrected chi connectivity index (χ1v) is 9.19. The molecule has 1 atom stereocenters. The molecule has 3 aromatic heterocycles. The highest BCUT2D eigenvalue weighted by atomic mass is 16.2. The number of carbonyl (C=O) groups excluding carboxylic acids is 1. The molecule has 0 bridgehead atoms. The third kappa shape index (κ3) is 4.03. The van der Waals surface area contributed by atoms with Crippen molar-refractivity contribution in [1.29, 1.82) is 0 Å². The van der Waals surface area contributed by atoms with Crippen LogP contribution in [-0.4, -0.2) is 37.3 Å². The number of likely N-dealkylation sites (tertiary alicyclic amines) is 1. The van der Waals surface area contributed by atoms with Gasteiger partial charge in [-0.3, -0.25) is 14.8 Å². The second-order valence-electron chi connectivity index (χ2n) is 6.44. The molecule has 4 heterocycles. The van der Waals surface area contributed by atoms with Crippen LogP contribution < -0.4 is 5.32 Å². The van der Waals surface area contributed by atoms with Crippen LogP contribution in [0.15, 0.2) is 67.4 Å². The summed E-state index contributed by atoms with van der Waals surface area (Å²) < 4.78 is 0. The molecule has 1 aliphatic heterocycles. The largest absolute Gasteiger partial charge is 0.330 e. The van der Waals surface area contributed by atoms with Gasteiger partial charge in [0.15, 0.2) is 5.82 Å². The van der Waals surface area contributed by atoms with Crippen LogP contribution in [0.2, 0.25) is 0 Å². The molecular formula is C21H20N6O. The van der Waals surface area contributed by atoms with E-state index in [-0.39, 0.29) is 11.9 Å². The molecule has 7 nitrogen and oxygen atoms in total. The number of anilines is 2. The molecule has 1 aliphatic rings. The number of nitrogens with one attached hydrogen (secondary N) is 1. The number of carbonyl (C=O) groups is 1. The Morgan fingerprint density at radius 1 is 1.07 bits per heavy atom. The maximum atomic E-state index is 12.8. The summed E-state index contributed by atoms with van der Waals surface area (Å²) in [6, 6.07) is 9.26. The minimum absolute atomic E-state index is 0.0409. The van der Waals surface area contributed by atoms with Gasteiger partial charge in [-0.2, -0.15) is 0 Å². The van der Waals surface area contributed by atoms with E-state index in [0.29, 0.717) is 18.2 Å². The molecular weight excluding hydrogens is 352 g/mol. The van der Waals surface area contributed by atoms with Crippen molar-refractivity contribution in [2.24, 2.45) is 0 Å². The van der Waals surface area contributed by atoms with E-state index in [0.717, 1.165) is 24.1 Å². The standard InChI is InChI=1S/C21H20N6O/c28-19(9-8-16-5-3-10-22-15-16)27-14-4-6-17(27)20-21(25-13-12-24-20)26-18-7-1-2-11-23-18/h1-3,5,7-13,15,17H,4,6,14H2,(H,23,25,26)/b9-8+/t17-/m0/s1. The molecule has 0 unspecified atom stereocenters. The fourth-order valence-electron chi connectivity index (χ4n) is 3.30. The van der Waals surface area contributed by atoms with Gasteiger partial charge in [0.1, 0.15) is 11.5 Å². The van der Waals surface area contributed by atoms with Crippen LogP contribution in [0.25, 0.3) is 6.08 Å². The van der Waals surface area contributed by atoms with Gasteiger partial charge in [-0.05, 0) is 42.7 Å². The van der Waals surface area contributed by atoms with Crippen molar-refractivity contribution in [3.63, 3.8) is 0 Å². The zero-order chi connectivity index (χ0) is 19.2. The quantitative estimate of drug-likeness (QED) is 0.691. The number of aromatic nitrogens is 4. The van der Waals surface area contributed by atoms with E-state index in [2.05, 4.69) is 25.3 Å². The van der Waals surface area contributed by atoms with Crippen molar-refractivity contribution in [3.8, 4) is 0 Å². The van der Waals surface area contributed by atoms with E-state index in [1.54, 1.807) is 43.1 Å². The third-order valence-electron chi connectivity index (χ3n) is 4.59. The monoisotopic (exact) mass is 372 g/mol. The van der Waals surface area contributed by atoms with Crippen LogP contribution in [0, 0.1) is 0 Å². The molecule has 140 valence electrons. The Morgan fingerprint density at radius 2 is 2.00 bits per heavy atom. The van der Waals surface area contributed by atoms with Crippen LogP contribution in [0.5, 0.6) is 0 Å². The van der Waals surface area contributed by atoms with Crippen molar-refractivity contribution >= 4 is 23.6 Å². The average molecular weight is 372 g/mol. The Labute approximate surface area is 163 Å². The average Bonchev–Trinajstić information content (AvgIpc) is 3.24. The molecule has 1 fully saturated rings. The summed E-state index contributed by atoms with van der Waals surface area (Å²) in [5.41, 5.74) is 1.65. The minimum atomic E-state index is -0.119. The fourth-order valence-corrected chi connectivity index (χ4v) is 3.30. The van der Waals surface area contributed by atoms with Crippen LogP contribution >= 0.6 is 0 Å². The van der Waals surface area contributed by atoms with Crippen molar-refractivity contribution in [1.82, 2.24) is 24.8 Å². The SMILES string of the molecule is O=C(/C=C/c1cccnc1)N1CCC[C@H]1c1nccnc1Nc1ccccn1. The van der Waals surface area contributed by atoms with Gasteiger partial charge < -0.3 is 10.2 Å². The first-order valence-electron chi connectivity index (χ1n) is 9.19. The number of rotatable bonds is 5. The number of nitrogens with zero attached hydrogens (tertiary/aromatic N) is 5. The molecule has 1 amide bonds. The Balaban J connectivity index is 1.55. The van der Waals surface area contributed by atoms with Crippen LogP contribution in [0.3, 0.4) is 0 Å². The highest BCUT2D eigenvalue weighted by Crippen LogP contribution is 2.34. The number of pyridine rings is 2. The predicted molar refractivity (Wildman–Crippen MR) is 107 cm³/mol. The minimum Gasteiger partial charge on any atom is -0.330 e. The smallest absolute Gasteiger partial charge is 0.247 e. The first kappa shape index (κ1) is 17.8. The number of hydrogen-bond acceptors (Lipinski definition) is 6. The summed E-state index contributed by atoms with van der Waals surface area (Å²) in [6.07, 6.45) is 13.6. The lowest BCUT2D eigenvalue weighted by molar-refractivity contribution is -0.126. The number of amides is 1. The van der Waals surface area contributed by atoms with Gasteiger partial charge in [0.2, 0.25) is 5.91 Å². The second kappa shape index (κ2) is 8.39. The van der Waals surface area contributed by atoms with Gasteiger partial charge in [0, 0.05) is 43.6 Å². The summed E-state index contributed by atoms with van der Waals surface area (Å²) in [4.78, 5) is 32.0. The van der Waals surface area contributed by atoms with Crippen LogP contribution in [0.1, 0.15) is 30.1 Å². The summed E-state index contributed by atoms with van der Waals surface area (Å²) in [5, 5.41) is 3.22. The molecule has 7 heteroatoms. The van der Waals surface area contributed by atoms with Crippen LogP contribution in [0.4, 0.5) is 11.6 Å². The van der Waals surface area contributed by atoms with Gasteiger partial charge in [-0.1, -0.05) is 12.1 Å². The Bertz CT molecular complexity index is 961. The molecule has 4 rings (SSSR count). The lowest BCUT2D eigenvalue weighted by atomic mass is 10.1. The molecule has 0 radical (unpaired) electrons. The summed E-state index contributed by atoms with van der Waals surface area (Å²) in [6.45, 7) is 0.695.